The molecule has 20 heavy (non-hydrogen) atoms. The second-order valence-corrected chi connectivity index (χ2v) is 6.59. The number of primary amides is 1. The normalized spacial score (nSPS) is 20.1. The van der Waals surface area contributed by atoms with E-state index in [0.29, 0.717) is 13.2 Å². The molecule has 0 aliphatic carbocycles. The van der Waals surface area contributed by atoms with Crippen LogP contribution in [-0.4, -0.2) is 44.9 Å². The number of rotatable bonds is 5. The Labute approximate surface area is 118 Å². The molecule has 2 N–H and O–H groups in total. The minimum absolute atomic E-state index is 0.0237. The molecule has 0 radical (unpaired) electrons. The zero-order valence-corrected chi connectivity index (χ0v) is 12.1. The van der Waals surface area contributed by atoms with Gasteiger partial charge >= 0.3 is 0 Å². The van der Waals surface area contributed by atoms with E-state index in [9.17, 15) is 13.2 Å². The highest BCUT2D eigenvalue weighted by atomic mass is 32.2. The Hall–Kier alpha value is -1.44. The van der Waals surface area contributed by atoms with Crippen molar-refractivity contribution in [2.75, 3.05) is 20.3 Å². The van der Waals surface area contributed by atoms with Crippen molar-refractivity contribution < 1.29 is 17.9 Å². The summed E-state index contributed by atoms with van der Waals surface area (Å²) in [5.41, 5.74) is 5.28. The van der Waals surface area contributed by atoms with Gasteiger partial charge in [0, 0.05) is 19.7 Å². The minimum atomic E-state index is -3.73. The van der Waals surface area contributed by atoms with Gasteiger partial charge in [-0.1, -0.05) is 12.1 Å². The van der Waals surface area contributed by atoms with E-state index >= 15 is 0 Å². The highest BCUT2D eigenvalue weighted by Crippen LogP contribution is 2.27. The van der Waals surface area contributed by atoms with Crippen LogP contribution in [0.1, 0.15) is 23.2 Å². The molecule has 1 heterocycles. The molecule has 1 amide bonds. The molecule has 110 valence electrons. The van der Waals surface area contributed by atoms with Crippen LogP contribution in [0.5, 0.6) is 0 Å². The maximum absolute atomic E-state index is 12.7. The molecule has 0 bridgehead atoms. The maximum Gasteiger partial charge on any atom is 0.250 e. The average molecular weight is 298 g/mol. The smallest absolute Gasteiger partial charge is 0.250 e. The monoisotopic (exact) mass is 298 g/mol. The summed E-state index contributed by atoms with van der Waals surface area (Å²) >= 11 is 0. The highest BCUT2D eigenvalue weighted by Gasteiger charge is 2.36. The number of sulfonamides is 1. The van der Waals surface area contributed by atoms with Crippen molar-refractivity contribution in [2.45, 2.75) is 23.8 Å². The second kappa shape index (κ2) is 5.90. The molecule has 0 spiro atoms. The van der Waals surface area contributed by atoms with Crippen LogP contribution in [0, 0.1) is 0 Å². The SMILES string of the molecule is COC[C@H]1CCCN1S(=O)(=O)c1ccccc1C(N)=O. The van der Waals surface area contributed by atoms with E-state index in [0.717, 1.165) is 12.8 Å². The van der Waals surface area contributed by atoms with Crippen molar-refractivity contribution in [3.8, 4) is 0 Å². The number of amides is 1. The third-order valence-corrected chi connectivity index (χ3v) is 5.43. The van der Waals surface area contributed by atoms with E-state index in [-0.39, 0.29) is 16.5 Å². The van der Waals surface area contributed by atoms with Gasteiger partial charge in [0.15, 0.2) is 0 Å². The zero-order valence-electron chi connectivity index (χ0n) is 11.3. The molecule has 7 heteroatoms. The standard InChI is InChI=1S/C13H18N2O4S/c1-19-9-10-5-4-8-15(10)20(17,18)12-7-3-2-6-11(12)13(14)16/h2-3,6-7,10H,4-5,8-9H2,1H3,(H2,14,16)/t10-/m1/s1. The van der Waals surface area contributed by atoms with Gasteiger partial charge in [-0.05, 0) is 25.0 Å². The van der Waals surface area contributed by atoms with Crippen LogP contribution < -0.4 is 5.73 Å². The Balaban J connectivity index is 2.43. The minimum Gasteiger partial charge on any atom is -0.383 e. The molecule has 1 saturated heterocycles. The summed E-state index contributed by atoms with van der Waals surface area (Å²) in [5, 5.41) is 0. The van der Waals surface area contributed by atoms with E-state index in [2.05, 4.69) is 0 Å². The van der Waals surface area contributed by atoms with Crippen molar-refractivity contribution in [3.63, 3.8) is 0 Å². The molecule has 1 aromatic carbocycles. The van der Waals surface area contributed by atoms with Gasteiger partial charge in [0.2, 0.25) is 15.9 Å². The first-order valence-electron chi connectivity index (χ1n) is 6.38. The van der Waals surface area contributed by atoms with Crippen LogP contribution in [0.25, 0.3) is 0 Å². The van der Waals surface area contributed by atoms with E-state index in [4.69, 9.17) is 10.5 Å². The van der Waals surface area contributed by atoms with Crippen molar-refractivity contribution in [2.24, 2.45) is 5.73 Å². The highest BCUT2D eigenvalue weighted by molar-refractivity contribution is 7.89. The number of benzene rings is 1. The summed E-state index contributed by atoms with van der Waals surface area (Å²) in [5.74, 6) is -0.744. The Morgan fingerprint density at radius 1 is 1.45 bits per heavy atom. The molecule has 1 fully saturated rings. The summed E-state index contributed by atoms with van der Waals surface area (Å²) in [6.07, 6.45) is 1.54. The van der Waals surface area contributed by atoms with Gasteiger partial charge in [0.05, 0.1) is 17.1 Å². The number of carbonyl (C=O) groups is 1. The van der Waals surface area contributed by atoms with Crippen LogP contribution >= 0.6 is 0 Å². The molecular weight excluding hydrogens is 280 g/mol. The molecule has 1 aliphatic rings. The summed E-state index contributed by atoms with van der Waals surface area (Å²) in [7, 11) is -2.19. The van der Waals surface area contributed by atoms with Gasteiger partial charge in [-0.3, -0.25) is 4.79 Å². The lowest BCUT2D eigenvalue weighted by Crippen LogP contribution is -2.38. The van der Waals surface area contributed by atoms with Crippen LogP contribution in [0.15, 0.2) is 29.2 Å². The number of methoxy groups -OCH3 is 1. The van der Waals surface area contributed by atoms with Gasteiger partial charge in [-0.25, -0.2) is 8.42 Å². The number of hydrogen-bond acceptors (Lipinski definition) is 4. The van der Waals surface area contributed by atoms with E-state index in [1.165, 1.54) is 16.4 Å². The zero-order chi connectivity index (χ0) is 14.8. The van der Waals surface area contributed by atoms with Crippen LogP contribution in [0.3, 0.4) is 0 Å². The molecule has 0 saturated carbocycles. The average Bonchev–Trinajstić information content (AvgIpc) is 2.88. The van der Waals surface area contributed by atoms with E-state index < -0.39 is 15.9 Å². The number of nitrogens with two attached hydrogens (primary N) is 1. The second-order valence-electron chi connectivity index (χ2n) is 4.73. The van der Waals surface area contributed by atoms with Gasteiger partial charge in [-0.2, -0.15) is 4.31 Å². The van der Waals surface area contributed by atoms with Crippen molar-refractivity contribution in [3.05, 3.63) is 29.8 Å². The quantitative estimate of drug-likeness (QED) is 0.861. The van der Waals surface area contributed by atoms with Gasteiger partial charge in [0.1, 0.15) is 0 Å². The first-order valence-corrected chi connectivity index (χ1v) is 7.82. The van der Waals surface area contributed by atoms with Gasteiger partial charge in [0.25, 0.3) is 0 Å². The number of nitrogens with zero attached hydrogens (tertiary/aromatic N) is 1. The van der Waals surface area contributed by atoms with Crippen LogP contribution in [0.4, 0.5) is 0 Å². The maximum atomic E-state index is 12.7. The fourth-order valence-electron chi connectivity index (χ4n) is 2.51. The first-order chi connectivity index (χ1) is 9.48. The number of carbonyl (C=O) groups excluding carboxylic acids is 1. The van der Waals surface area contributed by atoms with Crippen LogP contribution in [-0.2, 0) is 14.8 Å². The topological polar surface area (TPSA) is 89.7 Å². The lowest BCUT2D eigenvalue weighted by Gasteiger charge is -2.24. The predicted molar refractivity (Wildman–Crippen MR) is 73.7 cm³/mol. The largest absolute Gasteiger partial charge is 0.383 e. The Bertz CT molecular complexity index is 600. The van der Waals surface area contributed by atoms with Gasteiger partial charge in [-0.15, -0.1) is 0 Å². The molecule has 2 rings (SSSR count). The van der Waals surface area contributed by atoms with Crippen molar-refractivity contribution in [1.29, 1.82) is 0 Å². The van der Waals surface area contributed by atoms with E-state index in [1.807, 2.05) is 0 Å². The molecule has 6 nitrogen and oxygen atoms in total. The Morgan fingerprint density at radius 2 is 2.15 bits per heavy atom. The Kier molecular flexibility index (Phi) is 4.42. The third kappa shape index (κ3) is 2.70. The van der Waals surface area contributed by atoms with Gasteiger partial charge < -0.3 is 10.5 Å². The summed E-state index contributed by atoms with van der Waals surface area (Å²) < 4.78 is 31.9. The lowest BCUT2D eigenvalue weighted by molar-refractivity contribution is 0.0997. The van der Waals surface area contributed by atoms with Crippen LogP contribution in [0.2, 0.25) is 0 Å². The van der Waals surface area contributed by atoms with Crippen molar-refractivity contribution >= 4 is 15.9 Å². The molecule has 0 unspecified atom stereocenters. The number of hydrogen-bond donors (Lipinski definition) is 1. The predicted octanol–water partition coefficient (Wildman–Crippen LogP) is 0.585. The lowest BCUT2D eigenvalue weighted by atomic mass is 10.2. The molecule has 0 aromatic heterocycles. The van der Waals surface area contributed by atoms with E-state index in [1.54, 1.807) is 19.2 Å². The fraction of sp³-hybridized carbons (Fsp3) is 0.462. The first kappa shape index (κ1) is 15.0. The van der Waals surface area contributed by atoms with Crippen molar-refractivity contribution in [1.82, 2.24) is 4.31 Å². The molecule has 1 atom stereocenters. The third-order valence-electron chi connectivity index (χ3n) is 3.42. The summed E-state index contributed by atoms with van der Waals surface area (Å²) in [4.78, 5) is 11.4. The summed E-state index contributed by atoms with van der Waals surface area (Å²) in [6, 6.07) is 5.83. The fourth-order valence-corrected chi connectivity index (χ4v) is 4.38. The molecular formula is C13H18N2O4S. The molecule has 1 aliphatic heterocycles. The summed E-state index contributed by atoms with van der Waals surface area (Å²) in [6.45, 7) is 0.779. The number of ether oxygens (including phenoxy) is 1. The molecule has 1 aromatic rings. The Morgan fingerprint density at radius 3 is 2.80 bits per heavy atom.